The van der Waals surface area contributed by atoms with E-state index < -0.39 is 0 Å². The van der Waals surface area contributed by atoms with Gasteiger partial charge in [0.15, 0.2) is 0 Å². The van der Waals surface area contributed by atoms with Crippen LogP contribution in [0.2, 0.25) is 0 Å². The predicted molar refractivity (Wildman–Crippen MR) is 60.3 cm³/mol. The van der Waals surface area contributed by atoms with E-state index in [9.17, 15) is 4.79 Å². The summed E-state index contributed by atoms with van der Waals surface area (Å²) in [5, 5.41) is 0.530. The zero-order valence-corrected chi connectivity index (χ0v) is 9.14. The summed E-state index contributed by atoms with van der Waals surface area (Å²) in [7, 11) is 0. The third-order valence-corrected chi connectivity index (χ3v) is 2.65. The number of carbonyl (C=O) groups is 1. The molecule has 0 aliphatic carbocycles. The van der Waals surface area contributed by atoms with Crippen LogP contribution in [-0.4, -0.2) is 6.29 Å². The molecular formula is C12H13ClO. The third-order valence-electron chi connectivity index (χ3n) is 2.14. The normalized spacial score (nSPS) is 12.2. The van der Waals surface area contributed by atoms with E-state index in [4.69, 9.17) is 11.6 Å². The van der Waals surface area contributed by atoms with E-state index >= 15 is 0 Å². The van der Waals surface area contributed by atoms with Crippen molar-refractivity contribution in [1.29, 1.82) is 0 Å². The second-order valence-corrected chi connectivity index (χ2v) is 3.54. The van der Waals surface area contributed by atoms with E-state index in [0.717, 1.165) is 18.3 Å². The van der Waals surface area contributed by atoms with Crippen LogP contribution < -0.4 is 0 Å². The van der Waals surface area contributed by atoms with Gasteiger partial charge < -0.3 is 0 Å². The van der Waals surface area contributed by atoms with E-state index in [2.05, 4.69) is 6.92 Å². The molecule has 2 heteroatoms. The number of aldehydes is 1. The monoisotopic (exact) mass is 208 g/mol. The Balaban J connectivity index is 3.03. The van der Waals surface area contributed by atoms with Crippen molar-refractivity contribution in [3.8, 4) is 0 Å². The van der Waals surface area contributed by atoms with E-state index in [0.29, 0.717) is 10.6 Å². The Labute approximate surface area is 89.4 Å². The average Bonchev–Trinajstić information content (AvgIpc) is 2.27. The molecular weight excluding hydrogens is 196 g/mol. The highest BCUT2D eigenvalue weighted by Crippen LogP contribution is 2.22. The Morgan fingerprint density at radius 3 is 2.36 bits per heavy atom. The Bertz CT molecular complexity index is 349. The van der Waals surface area contributed by atoms with Gasteiger partial charge in [-0.25, -0.2) is 0 Å². The summed E-state index contributed by atoms with van der Waals surface area (Å²) in [6.45, 7) is 3.81. The summed E-state index contributed by atoms with van der Waals surface area (Å²) in [6.07, 6.45) is 1.78. The van der Waals surface area contributed by atoms with Crippen molar-refractivity contribution >= 4 is 22.9 Å². The highest BCUT2D eigenvalue weighted by Gasteiger charge is 2.01. The Morgan fingerprint density at radius 1 is 1.36 bits per heavy atom. The standard InChI is InChI=1S/C12H13ClO/c1-3-10-4-6-11(7-5-10)12(13)9(2)8-14/h4-8H,3H2,1-2H3/b12-9-. The zero-order valence-electron chi connectivity index (χ0n) is 8.38. The van der Waals surface area contributed by atoms with Crippen molar-refractivity contribution in [2.45, 2.75) is 20.3 Å². The van der Waals surface area contributed by atoms with Gasteiger partial charge in [-0.15, -0.1) is 0 Å². The van der Waals surface area contributed by atoms with Crippen molar-refractivity contribution < 1.29 is 4.79 Å². The van der Waals surface area contributed by atoms with E-state index in [1.807, 2.05) is 24.3 Å². The molecule has 0 aromatic heterocycles. The molecule has 0 amide bonds. The van der Waals surface area contributed by atoms with E-state index in [-0.39, 0.29) is 0 Å². The molecule has 0 saturated heterocycles. The van der Waals surface area contributed by atoms with Crippen LogP contribution in [0.3, 0.4) is 0 Å². The summed E-state index contributed by atoms with van der Waals surface area (Å²) in [5.41, 5.74) is 2.73. The average molecular weight is 209 g/mol. The molecule has 0 radical (unpaired) electrons. The van der Waals surface area contributed by atoms with Crippen LogP contribution in [0.5, 0.6) is 0 Å². The van der Waals surface area contributed by atoms with Crippen LogP contribution in [0.1, 0.15) is 25.0 Å². The number of rotatable bonds is 3. The first-order valence-electron chi connectivity index (χ1n) is 4.60. The predicted octanol–water partition coefficient (Wildman–Crippen LogP) is 3.42. The number of halogens is 1. The molecule has 1 aromatic rings. The third kappa shape index (κ3) is 2.46. The van der Waals surface area contributed by atoms with Crippen molar-refractivity contribution in [3.63, 3.8) is 0 Å². The summed E-state index contributed by atoms with van der Waals surface area (Å²) < 4.78 is 0. The minimum atomic E-state index is 0.530. The largest absolute Gasteiger partial charge is 0.298 e. The van der Waals surface area contributed by atoms with Gasteiger partial charge >= 0.3 is 0 Å². The van der Waals surface area contributed by atoms with Crippen LogP contribution in [0, 0.1) is 0 Å². The fourth-order valence-corrected chi connectivity index (χ4v) is 1.34. The smallest absolute Gasteiger partial charge is 0.147 e. The molecule has 1 aromatic carbocycles. The molecule has 0 fully saturated rings. The van der Waals surface area contributed by atoms with Gasteiger partial charge in [-0.05, 0) is 24.5 Å². The van der Waals surface area contributed by atoms with Crippen molar-refractivity contribution in [3.05, 3.63) is 41.0 Å². The van der Waals surface area contributed by atoms with Gasteiger partial charge in [0.25, 0.3) is 0 Å². The zero-order chi connectivity index (χ0) is 10.6. The van der Waals surface area contributed by atoms with Crippen LogP contribution in [0.25, 0.3) is 5.03 Å². The molecule has 0 saturated carbocycles. The lowest BCUT2D eigenvalue weighted by atomic mass is 10.1. The quantitative estimate of drug-likeness (QED) is 0.550. The molecule has 0 aliphatic heterocycles. The molecule has 0 atom stereocenters. The van der Waals surface area contributed by atoms with Crippen molar-refractivity contribution in [2.24, 2.45) is 0 Å². The lowest BCUT2D eigenvalue weighted by Gasteiger charge is -2.02. The first-order chi connectivity index (χ1) is 6.69. The van der Waals surface area contributed by atoms with Gasteiger partial charge in [0.05, 0.1) is 5.03 Å². The minimum Gasteiger partial charge on any atom is -0.298 e. The first kappa shape index (κ1) is 11.0. The number of hydrogen-bond acceptors (Lipinski definition) is 1. The fourth-order valence-electron chi connectivity index (χ4n) is 1.17. The molecule has 0 aliphatic rings. The molecule has 0 spiro atoms. The molecule has 74 valence electrons. The molecule has 14 heavy (non-hydrogen) atoms. The summed E-state index contributed by atoms with van der Waals surface area (Å²) >= 11 is 6.00. The highest BCUT2D eigenvalue weighted by molar-refractivity contribution is 6.50. The lowest BCUT2D eigenvalue weighted by molar-refractivity contribution is -0.104. The van der Waals surface area contributed by atoms with Gasteiger partial charge in [0, 0.05) is 5.57 Å². The van der Waals surface area contributed by atoms with Gasteiger partial charge in [-0.3, -0.25) is 4.79 Å². The Hall–Kier alpha value is -1.08. The number of aryl methyl sites for hydroxylation is 1. The van der Waals surface area contributed by atoms with Gasteiger partial charge in [0.2, 0.25) is 0 Å². The SMILES string of the molecule is CCc1ccc(/C(Cl)=C(\C)C=O)cc1. The Kier molecular flexibility index (Phi) is 3.90. The minimum absolute atomic E-state index is 0.530. The molecule has 1 nitrogen and oxygen atoms in total. The topological polar surface area (TPSA) is 17.1 Å². The summed E-state index contributed by atoms with van der Waals surface area (Å²) in [4.78, 5) is 10.5. The van der Waals surface area contributed by atoms with Crippen LogP contribution in [-0.2, 0) is 11.2 Å². The number of allylic oxidation sites excluding steroid dienone is 1. The summed E-state index contributed by atoms with van der Waals surface area (Å²) in [5.74, 6) is 0. The number of carbonyl (C=O) groups excluding carboxylic acids is 1. The lowest BCUT2D eigenvalue weighted by Crippen LogP contribution is -1.85. The highest BCUT2D eigenvalue weighted by atomic mass is 35.5. The maximum atomic E-state index is 10.5. The van der Waals surface area contributed by atoms with Crippen molar-refractivity contribution in [1.82, 2.24) is 0 Å². The Morgan fingerprint density at radius 2 is 1.93 bits per heavy atom. The fraction of sp³-hybridized carbons (Fsp3) is 0.250. The van der Waals surface area contributed by atoms with Crippen LogP contribution in [0.4, 0.5) is 0 Å². The molecule has 1 rings (SSSR count). The van der Waals surface area contributed by atoms with Gasteiger partial charge in [-0.2, -0.15) is 0 Å². The molecule has 0 heterocycles. The number of hydrogen-bond donors (Lipinski definition) is 0. The van der Waals surface area contributed by atoms with Crippen LogP contribution >= 0.6 is 11.6 Å². The molecule has 0 N–H and O–H groups in total. The second kappa shape index (κ2) is 4.97. The van der Waals surface area contributed by atoms with E-state index in [1.165, 1.54) is 5.56 Å². The molecule has 0 bridgehead atoms. The molecule has 0 unspecified atom stereocenters. The maximum absolute atomic E-state index is 10.5. The first-order valence-corrected chi connectivity index (χ1v) is 4.97. The maximum Gasteiger partial charge on any atom is 0.147 e. The summed E-state index contributed by atoms with van der Waals surface area (Å²) in [6, 6.07) is 7.92. The van der Waals surface area contributed by atoms with Crippen LogP contribution in [0.15, 0.2) is 29.8 Å². The van der Waals surface area contributed by atoms with E-state index in [1.54, 1.807) is 6.92 Å². The van der Waals surface area contributed by atoms with Crippen molar-refractivity contribution in [2.75, 3.05) is 0 Å². The van der Waals surface area contributed by atoms with Gasteiger partial charge in [-0.1, -0.05) is 42.8 Å². The van der Waals surface area contributed by atoms with Gasteiger partial charge in [0.1, 0.15) is 6.29 Å². The number of benzene rings is 1. The second-order valence-electron chi connectivity index (χ2n) is 3.17.